The first-order valence-corrected chi connectivity index (χ1v) is 10.9. The number of ether oxygens (including phenoxy) is 1. The molecule has 0 aromatic heterocycles. The summed E-state index contributed by atoms with van der Waals surface area (Å²) in [5.41, 5.74) is 2.22. The van der Waals surface area contributed by atoms with Crippen molar-refractivity contribution >= 4 is 35.5 Å². The van der Waals surface area contributed by atoms with Crippen LogP contribution in [0.25, 0.3) is 0 Å². The van der Waals surface area contributed by atoms with Gasteiger partial charge < -0.3 is 20.1 Å². The number of fused-ring (bicyclic) bond motifs is 3. The molecule has 1 aromatic rings. The number of benzene rings is 1. The van der Waals surface area contributed by atoms with Crippen LogP contribution in [0.4, 0.5) is 0 Å². The van der Waals surface area contributed by atoms with Crippen LogP contribution in [0.3, 0.4) is 0 Å². The largest absolute Gasteiger partial charge is 0.489 e. The zero-order valence-corrected chi connectivity index (χ0v) is 20.8. The second-order valence-electron chi connectivity index (χ2n) is 8.48. The van der Waals surface area contributed by atoms with Crippen LogP contribution in [0.2, 0.25) is 0 Å². The number of carboxylic acids is 1. The Labute approximate surface area is 207 Å². The van der Waals surface area contributed by atoms with E-state index in [-0.39, 0.29) is 59.8 Å². The third-order valence-corrected chi connectivity index (χ3v) is 6.29. The Kier molecular flexibility index (Phi) is 10.1. The van der Waals surface area contributed by atoms with Gasteiger partial charge in [0.1, 0.15) is 11.9 Å². The van der Waals surface area contributed by atoms with Gasteiger partial charge in [0.15, 0.2) is 0 Å². The summed E-state index contributed by atoms with van der Waals surface area (Å²) in [5.74, 6) is 6.01. The maximum Gasteiger partial charge on any atom is 0.303 e. The third kappa shape index (κ3) is 6.37. The maximum atomic E-state index is 10.7. The van der Waals surface area contributed by atoms with Gasteiger partial charge in [-0.2, -0.15) is 0 Å². The van der Waals surface area contributed by atoms with E-state index in [2.05, 4.69) is 17.9 Å². The van der Waals surface area contributed by atoms with Crippen molar-refractivity contribution in [2.24, 2.45) is 11.8 Å². The minimum Gasteiger partial charge on any atom is -0.489 e. The normalized spacial score (nSPS) is 25.5. The number of carboxylic acid groups (broad SMARTS) is 1. The Hall–Kier alpha value is -1.29. The van der Waals surface area contributed by atoms with Gasteiger partial charge >= 0.3 is 5.97 Å². The molecule has 0 bridgehead atoms. The molecule has 0 saturated heterocycles. The average molecular weight is 436 g/mol. The molecule has 31 heavy (non-hydrogen) atoms. The van der Waals surface area contributed by atoms with E-state index in [1.54, 1.807) is 13.0 Å². The van der Waals surface area contributed by atoms with Crippen LogP contribution in [-0.2, 0) is 11.2 Å². The minimum absolute atomic E-state index is 0. The molecule has 163 valence electrons. The van der Waals surface area contributed by atoms with Crippen molar-refractivity contribution in [2.45, 2.75) is 76.6 Å². The van der Waals surface area contributed by atoms with Gasteiger partial charge in [0.2, 0.25) is 0 Å². The molecule has 1 heterocycles. The van der Waals surface area contributed by atoms with Crippen molar-refractivity contribution in [1.29, 1.82) is 0 Å². The van der Waals surface area contributed by atoms with Crippen LogP contribution in [0.1, 0.15) is 63.0 Å². The first kappa shape index (κ1) is 26.0. The second-order valence-corrected chi connectivity index (χ2v) is 8.48. The van der Waals surface area contributed by atoms with Gasteiger partial charge in [-0.15, -0.1) is 11.8 Å². The summed E-state index contributed by atoms with van der Waals surface area (Å²) < 4.78 is 6.26. The average Bonchev–Trinajstić information content (AvgIpc) is 3.22. The first-order valence-electron chi connectivity index (χ1n) is 10.9. The topological polar surface area (TPSA) is 87.0 Å². The van der Waals surface area contributed by atoms with Gasteiger partial charge in [-0.1, -0.05) is 37.3 Å². The van der Waals surface area contributed by atoms with Gasteiger partial charge in [0.25, 0.3) is 0 Å². The van der Waals surface area contributed by atoms with Crippen LogP contribution in [0.15, 0.2) is 30.4 Å². The molecule has 1 saturated carbocycles. The maximum absolute atomic E-state index is 10.7. The van der Waals surface area contributed by atoms with E-state index in [1.807, 2.05) is 25.1 Å². The number of aliphatic hydroxyl groups excluding tert-OH is 2. The fourth-order valence-electron chi connectivity index (χ4n) is 4.57. The number of hydrogen-bond donors (Lipinski definition) is 3. The van der Waals surface area contributed by atoms with Crippen molar-refractivity contribution in [1.82, 2.24) is 0 Å². The predicted octanol–water partition coefficient (Wildman–Crippen LogP) is 3.30. The molecule has 6 heteroatoms. The van der Waals surface area contributed by atoms with Crippen LogP contribution in [0.5, 0.6) is 5.75 Å². The van der Waals surface area contributed by atoms with E-state index >= 15 is 0 Å². The van der Waals surface area contributed by atoms with Crippen molar-refractivity contribution < 1.29 is 24.9 Å². The first-order chi connectivity index (χ1) is 14.4. The van der Waals surface area contributed by atoms with Crippen molar-refractivity contribution in [2.75, 3.05) is 0 Å². The summed E-state index contributed by atoms with van der Waals surface area (Å²) in [6.07, 6.45) is 6.22. The Morgan fingerprint density at radius 2 is 2.13 bits per heavy atom. The molecule has 3 rings (SSSR count). The van der Waals surface area contributed by atoms with Gasteiger partial charge in [0, 0.05) is 66.2 Å². The number of aliphatic carboxylic acids is 1. The Morgan fingerprint density at radius 3 is 2.84 bits per heavy atom. The van der Waals surface area contributed by atoms with Gasteiger partial charge in [-0.3, -0.25) is 4.79 Å². The molecule has 0 amide bonds. The molecule has 1 aliphatic carbocycles. The number of para-hydroxylation sites is 1. The Balaban J connectivity index is 0.00000341. The molecule has 3 N–H and O–H groups in total. The van der Waals surface area contributed by atoms with Crippen molar-refractivity contribution in [3.63, 3.8) is 0 Å². The summed E-state index contributed by atoms with van der Waals surface area (Å²) in [6, 6.07) is 6.13. The van der Waals surface area contributed by atoms with Gasteiger partial charge in [-0.05, 0) is 37.7 Å². The van der Waals surface area contributed by atoms with E-state index in [0.717, 1.165) is 29.7 Å². The summed E-state index contributed by atoms with van der Waals surface area (Å²) in [6.45, 7) is 3.76. The minimum atomic E-state index is -0.763. The smallest absolute Gasteiger partial charge is 0.303 e. The van der Waals surface area contributed by atoms with E-state index in [1.165, 1.54) is 0 Å². The fraction of sp³-hybridized carbons (Fsp3) is 0.560. The number of rotatable bonds is 9. The van der Waals surface area contributed by atoms with Crippen molar-refractivity contribution in [3.8, 4) is 17.6 Å². The summed E-state index contributed by atoms with van der Waals surface area (Å²) in [5, 5.41) is 29.9. The zero-order chi connectivity index (χ0) is 21.7. The molecule has 1 radical (unpaired) electrons. The van der Waals surface area contributed by atoms with Crippen LogP contribution < -0.4 is 4.74 Å². The molecule has 5 nitrogen and oxygen atoms in total. The van der Waals surface area contributed by atoms with Gasteiger partial charge in [0.05, 0.1) is 12.2 Å². The Morgan fingerprint density at radius 1 is 1.35 bits per heavy atom. The molecule has 2 unspecified atom stereocenters. The number of carbonyl (C=O) groups is 1. The second kappa shape index (κ2) is 12.1. The van der Waals surface area contributed by atoms with E-state index in [9.17, 15) is 15.0 Å². The quantitative estimate of drug-likeness (QED) is 0.240. The van der Waals surface area contributed by atoms with E-state index in [4.69, 9.17) is 9.84 Å². The molecule has 6 atom stereocenters. The molecular formula is C25H32NaO5. The monoisotopic (exact) mass is 435 g/mol. The molecule has 1 aromatic carbocycles. The number of hydrogen-bond acceptors (Lipinski definition) is 4. The number of aryl methyl sites for hydroxylation is 1. The standard InChI is InChI=1S/C25H32O5.Na/c1-3-4-8-16(2)20(26)14-13-18-21(27)15-22-24(18)19-11-7-10-17(25(19)30-22)9-5-6-12-23(28)29;/h7,10-11,13-14,16,18,20-22,24,26-27H,5-6,8-9,12,15H2,1-2H3,(H,28,29);/b14-13+;/t16?,18?,20-,21-,22+,24+;/m1./s1. The summed E-state index contributed by atoms with van der Waals surface area (Å²) in [4.78, 5) is 10.7. The molecular weight excluding hydrogens is 403 g/mol. The van der Waals surface area contributed by atoms with E-state index < -0.39 is 18.2 Å². The number of aliphatic hydroxyl groups is 2. The van der Waals surface area contributed by atoms with Crippen LogP contribution >= 0.6 is 0 Å². The van der Waals surface area contributed by atoms with Crippen molar-refractivity contribution in [3.05, 3.63) is 41.5 Å². The molecule has 0 spiro atoms. The van der Waals surface area contributed by atoms with Gasteiger partial charge in [-0.25, -0.2) is 0 Å². The fourth-order valence-corrected chi connectivity index (χ4v) is 4.57. The summed E-state index contributed by atoms with van der Waals surface area (Å²) >= 11 is 0. The Bertz CT molecular complexity index is 840. The predicted molar refractivity (Wildman–Crippen MR) is 121 cm³/mol. The summed E-state index contributed by atoms with van der Waals surface area (Å²) in [7, 11) is 0. The SMILES string of the molecule is CC#CCC(C)[C@H](O)/C=C/C1[C@H](O)C[C@@H]2Oc3c(CCCCC(=O)O)cccc3[C@H]12.[Na]. The molecule has 1 fully saturated rings. The van der Waals surface area contributed by atoms with Crippen LogP contribution in [0, 0.1) is 23.7 Å². The zero-order valence-electron chi connectivity index (χ0n) is 18.8. The van der Waals surface area contributed by atoms with E-state index in [0.29, 0.717) is 19.3 Å². The third-order valence-electron chi connectivity index (χ3n) is 6.29. The van der Waals surface area contributed by atoms with Crippen LogP contribution in [-0.4, -0.2) is 69.2 Å². The number of unbranched alkanes of at least 4 members (excludes halogenated alkanes) is 1. The molecule has 2 aliphatic rings. The molecule has 1 aliphatic heterocycles.